The van der Waals surface area contributed by atoms with Gasteiger partial charge in [-0.05, 0) is 26.3 Å². The van der Waals surface area contributed by atoms with Gasteiger partial charge < -0.3 is 19.3 Å². The fourth-order valence-corrected chi connectivity index (χ4v) is 2.54. The van der Waals surface area contributed by atoms with Crippen molar-refractivity contribution in [2.24, 2.45) is 0 Å². The van der Waals surface area contributed by atoms with E-state index in [1.807, 2.05) is 30.3 Å². The molecule has 0 bridgehead atoms. The van der Waals surface area contributed by atoms with Gasteiger partial charge in [-0.25, -0.2) is 14.0 Å². The molecule has 2 rings (SSSR count). The number of nitrogens with zero attached hydrogens (tertiary/aromatic N) is 2. The molecular weight excluding hydrogens is 327 g/mol. The largest absolute Gasteiger partial charge is 0.445 e. The number of carbonyl (C=O) groups excluding carboxylic acids is 2. The van der Waals surface area contributed by atoms with E-state index in [1.165, 1.54) is 16.8 Å². The number of hydrogen-bond acceptors (Lipinski definition) is 4. The Morgan fingerprint density at radius 1 is 1.24 bits per heavy atom. The average Bonchev–Trinajstić information content (AvgIpc) is 2.93. The number of halogens is 1. The van der Waals surface area contributed by atoms with Crippen LogP contribution in [-0.2, 0) is 16.1 Å². The first-order chi connectivity index (χ1) is 11.7. The molecule has 1 aromatic carbocycles. The molecule has 0 aliphatic carbocycles. The second-order valence-corrected chi connectivity index (χ2v) is 7.12. The lowest BCUT2D eigenvalue weighted by atomic mass is 10.2. The Kier molecular flexibility index (Phi) is 5.87. The third-order valence-corrected chi connectivity index (χ3v) is 3.86. The van der Waals surface area contributed by atoms with E-state index < -0.39 is 30.0 Å². The normalized spacial score (nSPS) is 20.3. The van der Waals surface area contributed by atoms with E-state index in [9.17, 15) is 14.0 Å². The number of likely N-dealkylation sites (tertiary alicyclic amines) is 1. The summed E-state index contributed by atoms with van der Waals surface area (Å²) in [4.78, 5) is 26.7. The van der Waals surface area contributed by atoms with Crippen LogP contribution in [0.3, 0.4) is 0 Å². The molecule has 1 heterocycles. The minimum Gasteiger partial charge on any atom is -0.445 e. The highest BCUT2D eigenvalue weighted by atomic mass is 19.1. The fraction of sp³-hybridized carbons (Fsp3) is 0.556. The summed E-state index contributed by atoms with van der Waals surface area (Å²) in [6, 6.07) is 8.49. The number of amides is 2. The quantitative estimate of drug-likeness (QED) is 0.838. The van der Waals surface area contributed by atoms with Crippen molar-refractivity contribution >= 4 is 12.2 Å². The molecule has 2 amide bonds. The van der Waals surface area contributed by atoms with Crippen molar-refractivity contribution in [3.63, 3.8) is 0 Å². The lowest BCUT2D eigenvalue weighted by Crippen LogP contribution is -2.43. The number of hydrogen-bond donors (Lipinski definition) is 0. The summed E-state index contributed by atoms with van der Waals surface area (Å²) in [5.41, 5.74) is 0.199. The smallest absolute Gasteiger partial charge is 0.410 e. The summed E-state index contributed by atoms with van der Waals surface area (Å²) < 4.78 is 24.8. The van der Waals surface area contributed by atoms with Crippen molar-refractivity contribution in [1.29, 1.82) is 0 Å². The van der Waals surface area contributed by atoms with Gasteiger partial charge in [-0.15, -0.1) is 0 Å². The molecular formula is C18H25FN2O4. The number of carbonyl (C=O) groups is 2. The molecule has 25 heavy (non-hydrogen) atoms. The number of benzene rings is 1. The Balaban J connectivity index is 1.89. The van der Waals surface area contributed by atoms with Gasteiger partial charge in [-0.2, -0.15) is 0 Å². The predicted molar refractivity (Wildman–Crippen MR) is 90.9 cm³/mol. The molecule has 1 saturated heterocycles. The van der Waals surface area contributed by atoms with E-state index >= 15 is 0 Å². The summed E-state index contributed by atoms with van der Waals surface area (Å²) in [6.45, 7) is 5.34. The second kappa shape index (κ2) is 7.72. The second-order valence-electron chi connectivity index (χ2n) is 7.12. The van der Waals surface area contributed by atoms with Crippen molar-refractivity contribution < 1.29 is 23.5 Å². The number of alkyl halides is 1. The van der Waals surface area contributed by atoms with Crippen LogP contribution in [0.15, 0.2) is 30.3 Å². The third kappa shape index (κ3) is 5.34. The van der Waals surface area contributed by atoms with Crippen LogP contribution in [0.5, 0.6) is 0 Å². The summed E-state index contributed by atoms with van der Waals surface area (Å²) in [6.07, 6.45) is -2.55. The molecule has 1 aliphatic rings. The summed E-state index contributed by atoms with van der Waals surface area (Å²) in [7, 11) is 1.48. The van der Waals surface area contributed by atoms with Gasteiger partial charge in [0.1, 0.15) is 18.4 Å². The first-order valence-corrected chi connectivity index (χ1v) is 8.23. The summed E-state index contributed by atoms with van der Waals surface area (Å²) in [5.74, 6) is 0. The van der Waals surface area contributed by atoms with Crippen LogP contribution in [-0.4, -0.2) is 59.9 Å². The lowest BCUT2D eigenvalue weighted by molar-refractivity contribution is 0.0275. The Bertz CT molecular complexity index is 603. The van der Waals surface area contributed by atoms with Crippen molar-refractivity contribution in [2.45, 2.75) is 45.2 Å². The number of rotatable bonds is 3. The van der Waals surface area contributed by atoms with Gasteiger partial charge in [0.15, 0.2) is 0 Å². The van der Waals surface area contributed by atoms with Crippen LogP contribution in [0.4, 0.5) is 14.0 Å². The molecule has 0 unspecified atom stereocenters. The monoisotopic (exact) mass is 352 g/mol. The van der Waals surface area contributed by atoms with Gasteiger partial charge in [-0.3, -0.25) is 0 Å². The number of likely N-dealkylation sites (N-methyl/N-ethyl adjacent to an activating group) is 1. The lowest BCUT2D eigenvalue weighted by Gasteiger charge is -2.26. The highest BCUT2D eigenvalue weighted by molar-refractivity contribution is 5.70. The Hall–Kier alpha value is -2.31. The van der Waals surface area contributed by atoms with Crippen LogP contribution in [0.1, 0.15) is 26.3 Å². The zero-order valence-electron chi connectivity index (χ0n) is 15.1. The zero-order valence-corrected chi connectivity index (χ0v) is 15.1. The van der Waals surface area contributed by atoms with Gasteiger partial charge in [0.05, 0.1) is 12.6 Å². The molecule has 0 N–H and O–H groups in total. The highest BCUT2D eigenvalue weighted by Gasteiger charge is 2.41. The van der Waals surface area contributed by atoms with Crippen molar-refractivity contribution in [3.8, 4) is 0 Å². The topological polar surface area (TPSA) is 59.1 Å². The van der Waals surface area contributed by atoms with E-state index in [4.69, 9.17) is 9.47 Å². The maximum absolute atomic E-state index is 14.3. The van der Waals surface area contributed by atoms with Gasteiger partial charge in [0.25, 0.3) is 0 Å². The van der Waals surface area contributed by atoms with Crippen molar-refractivity contribution in [2.75, 3.05) is 20.1 Å². The molecule has 7 heteroatoms. The van der Waals surface area contributed by atoms with E-state index in [0.717, 1.165) is 5.56 Å². The Labute approximate surface area is 147 Å². The van der Waals surface area contributed by atoms with Gasteiger partial charge >= 0.3 is 12.2 Å². The molecule has 1 aromatic rings. The molecule has 1 aliphatic heterocycles. The predicted octanol–water partition coefficient (Wildman–Crippen LogP) is 3.21. The average molecular weight is 352 g/mol. The van der Waals surface area contributed by atoms with Gasteiger partial charge in [-0.1, -0.05) is 30.3 Å². The van der Waals surface area contributed by atoms with E-state index in [-0.39, 0.29) is 19.7 Å². The molecule has 0 saturated carbocycles. The molecule has 138 valence electrons. The van der Waals surface area contributed by atoms with E-state index in [2.05, 4.69) is 0 Å². The van der Waals surface area contributed by atoms with Crippen molar-refractivity contribution in [1.82, 2.24) is 9.80 Å². The van der Waals surface area contributed by atoms with Crippen LogP contribution >= 0.6 is 0 Å². The molecule has 2 atom stereocenters. The van der Waals surface area contributed by atoms with Gasteiger partial charge in [0, 0.05) is 13.6 Å². The fourth-order valence-electron chi connectivity index (χ4n) is 2.54. The molecule has 0 spiro atoms. The van der Waals surface area contributed by atoms with E-state index in [1.54, 1.807) is 20.8 Å². The van der Waals surface area contributed by atoms with Crippen molar-refractivity contribution in [3.05, 3.63) is 35.9 Å². The Morgan fingerprint density at radius 2 is 1.88 bits per heavy atom. The van der Waals surface area contributed by atoms with Crippen LogP contribution in [0.25, 0.3) is 0 Å². The maximum Gasteiger partial charge on any atom is 0.410 e. The molecule has 6 nitrogen and oxygen atoms in total. The summed E-state index contributed by atoms with van der Waals surface area (Å²) in [5, 5.41) is 0. The minimum atomic E-state index is -1.35. The van der Waals surface area contributed by atoms with Crippen LogP contribution in [0.2, 0.25) is 0 Å². The SMILES string of the molecule is CN(C(=O)OCc1ccccc1)[C@@H]1CN(C(=O)OC(C)(C)C)C[C@@H]1F. The first kappa shape index (κ1) is 19.0. The molecule has 0 aromatic heterocycles. The summed E-state index contributed by atoms with van der Waals surface area (Å²) >= 11 is 0. The first-order valence-electron chi connectivity index (χ1n) is 8.23. The maximum atomic E-state index is 14.3. The third-order valence-electron chi connectivity index (χ3n) is 3.86. The standard InChI is InChI=1S/C18H25FN2O4/c1-18(2,3)25-17(23)21-10-14(19)15(11-21)20(4)16(22)24-12-13-8-6-5-7-9-13/h5-9,14-15H,10-12H2,1-4H3/t14-,15+/m0/s1. The molecule has 0 radical (unpaired) electrons. The minimum absolute atomic E-state index is 0.0764. The van der Waals surface area contributed by atoms with Crippen LogP contribution < -0.4 is 0 Å². The Morgan fingerprint density at radius 3 is 2.48 bits per heavy atom. The highest BCUT2D eigenvalue weighted by Crippen LogP contribution is 2.21. The molecule has 1 fully saturated rings. The number of ether oxygens (including phenoxy) is 2. The van der Waals surface area contributed by atoms with E-state index in [0.29, 0.717) is 0 Å². The zero-order chi connectivity index (χ0) is 18.6. The van der Waals surface area contributed by atoms with Crippen LogP contribution in [0, 0.1) is 0 Å². The van der Waals surface area contributed by atoms with Gasteiger partial charge in [0.2, 0.25) is 0 Å².